The zero-order chi connectivity index (χ0) is 26.0. The standard InChI is InChI=1S/C27H25N5O4S/c1-18(20-9-5-3-6-10-20)36-22-14-13-19(15-23(22)35-2)17-28-30-24(33)16-25-31-32-27(37-25)29-26(34)21-11-7-4-8-12-21/h3-15,17-18H,16H2,1-2H3,(H,30,33)(H,29,32,34). The molecule has 1 unspecified atom stereocenters. The summed E-state index contributed by atoms with van der Waals surface area (Å²) in [6, 6.07) is 24.1. The molecule has 0 saturated carbocycles. The second-order valence-corrected chi connectivity index (χ2v) is 8.93. The van der Waals surface area contributed by atoms with Gasteiger partial charge in [-0.15, -0.1) is 10.2 Å². The average molecular weight is 516 g/mol. The largest absolute Gasteiger partial charge is 0.493 e. The first-order chi connectivity index (χ1) is 18.0. The maximum Gasteiger partial charge on any atom is 0.257 e. The van der Waals surface area contributed by atoms with Crippen LogP contribution >= 0.6 is 11.3 Å². The van der Waals surface area contributed by atoms with E-state index in [9.17, 15) is 9.59 Å². The van der Waals surface area contributed by atoms with E-state index in [0.29, 0.717) is 27.2 Å². The molecule has 4 rings (SSSR count). The second-order valence-electron chi connectivity index (χ2n) is 7.87. The van der Waals surface area contributed by atoms with E-state index in [-0.39, 0.29) is 24.3 Å². The predicted molar refractivity (Wildman–Crippen MR) is 142 cm³/mol. The number of nitrogens with one attached hydrogen (secondary N) is 2. The van der Waals surface area contributed by atoms with Crippen LogP contribution in [0.2, 0.25) is 0 Å². The highest BCUT2D eigenvalue weighted by Gasteiger charge is 2.13. The van der Waals surface area contributed by atoms with Crippen LogP contribution in [0, 0.1) is 0 Å². The van der Waals surface area contributed by atoms with Gasteiger partial charge in [0.15, 0.2) is 11.5 Å². The third kappa shape index (κ3) is 7.21. The number of benzene rings is 3. The quantitative estimate of drug-likeness (QED) is 0.235. The first kappa shape index (κ1) is 25.5. The molecule has 9 nitrogen and oxygen atoms in total. The number of carbonyl (C=O) groups excluding carboxylic acids is 2. The summed E-state index contributed by atoms with van der Waals surface area (Å²) in [5.74, 6) is 0.499. The Morgan fingerprint density at radius 1 is 1.00 bits per heavy atom. The van der Waals surface area contributed by atoms with Gasteiger partial charge in [0, 0.05) is 5.56 Å². The number of ether oxygens (including phenoxy) is 2. The fourth-order valence-electron chi connectivity index (χ4n) is 3.33. The third-order valence-corrected chi connectivity index (χ3v) is 6.04. The van der Waals surface area contributed by atoms with Crippen molar-refractivity contribution in [2.24, 2.45) is 5.10 Å². The van der Waals surface area contributed by atoms with Crippen molar-refractivity contribution in [2.75, 3.05) is 12.4 Å². The minimum Gasteiger partial charge on any atom is -0.493 e. The van der Waals surface area contributed by atoms with E-state index in [2.05, 4.69) is 26.0 Å². The lowest BCUT2D eigenvalue weighted by molar-refractivity contribution is -0.120. The van der Waals surface area contributed by atoms with Crippen LogP contribution in [0.3, 0.4) is 0 Å². The number of aromatic nitrogens is 2. The minimum absolute atomic E-state index is 0.0241. The fraction of sp³-hybridized carbons (Fsp3) is 0.148. The molecule has 188 valence electrons. The van der Waals surface area contributed by atoms with Crippen LogP contribution in [0.15, 0.2) is 84.0 Å². The van der Waals surface area contributed by atoms with E-state index >= 15 is 0 Å². The molecule has 0 bridgehead atoms. The van der Waals surface area contributed by atoms with Gasteiger partial charge >= 0.3 is 0 Å². The van der Waals surface area contributed by atoms with Gasteiger partial charge in [-0.2, -0.15) is 5.10 Å². The van der Waals surface area contributed by atoms with E-state index in [1.807, 2.05) is 49.4 Å². The Balaban J connectivity index is 1.29. The first-order valence-electron chi connectivity index (χ1n) is 11.4. The molecular weight excluding hydrogens is 490 g/mol. The van der Waals surface area contributed by atoms with Crippen molar-refractivity contribution in [1.29, 1.82) is 0 Å². The molecule has 0 aliphatic rings. The van der Waals surface area contributed by atoms with Crippen LogP contribution in [0.1, 0.15) is 39.5 Å². The molecule has 1 atom stereocenters. The summed E-state index contributed by atoms with van der Waals surface area (Å²) in [5.41, 5.74) is 4.75. The number of hydrazone groups is 1. The van der Waals surface area contributed by atoms with Crippen molar-refractivity contribution in [3.05, 3.63) is 101 Å². The molecule has 10 heteroatoms. The van der Waals surface area contributed by atoms with Crippen molar-refractivity contribution in [2.45, 2.75) is 19.4 Å². The van der Waals surface area contributed by atoms with Gasteiger partial charge in [-0.05, 0) is 48.4 Å². The molecule has 4 aromatic rings. The van der Waals surface area contributed by atoms with Gasteiger partial charge in [-0.25, -0.2) is 5.43 Å². The summed E-state index contributed by atoms with van der Waals surface area (Å²) in [6.07, 6.45) is 1.33. The van der Waals surface area contributed by atoms with Gasteiger partial charge in [-0.1, -0.05) is 59.9 Å². The highest BCUT2D eigenvalue weighted by molar-refractivity contribution is 7.15. The van der Waals surface area contributed by atoms with Gasteiger partial charge in [-0.3, -0.25) is 14.9 Å². The molecule has 0 spiro atoms. The number of hydrogen-bond acceptors (Lipinski definition) is 8. The number of hydrogen-bond donors (Lipinski definition) is 2. The van der Waals surface area contributed by atoms with Crippen molar-refractivity contribution < 1.29 is 19.1 Å². The van der Waals surface area contributed by atoms with E-state index in [1.165, 1.54) is 6.21 Å². The predicted octanol–water partition coefficient (Wildman–Crippen LogP) is 4.63. The molecule has 1 aromatic heterocycles. The minimum atomic E-state index is -0.364. The van der Waals surface area contributed by atoms with Gasteiger partial charge in [0.2, 0.25) is 11.0 Å². The lowest BCUT2D eigenvalue weighted by Crippen LogP contribution is -2.19. The van der Waals surface area contributed by atoms with Crippen LogP contribution in [-0.4, -0.2) is 35.3 Å². The Labute approximate surface area is 218 Å². The molecule has 2 amide bonds. The molecule has 0 fully saturated rings. The van der Waals surface area contributed by atoms with Crippen LogP contribution < -0.4 is 20.2 Å². The molecule has 0 saturated heterocycles. The van der Waals surface area contributed by atoms with Crippen LogP contribution in [0.4, 0.5) is 5.13 Å². The Morgan fingerprint density at radius 2 is 1.73 bits per heavy atom. The highest BCUT2D eigenvalue weighted by Crippen LogP contribution is 2.31. The Morgan fingerprint density at radius 3 is 2.46 bits per heavy atom. The number of nitrogens with zero attached hydrogens (tertiary/aromatic N) is 3. The summed E-state index contributed by atoms with van der Waals surface area (Å²) in [4.78, 5) is 24.5. The van der Waals surface area contributed by atoms with Crippen LogP contribution in [0.25, 0.3) is 0 Å². The van der Waals surface area contributed by atoms with E-state index in [0.717, 1.165) is 22.5 Å². The number of amides is 2. The zero-order valence-electron chi connectivity index (χ0n) is 20.3. The summed E-state index contributed by atoms with van der Waals surface area (Å²) in [5, 5.41) is 15.3. The van der Waals surface area contributed by atoms with Crippen molar-refractivity contribution in [3.63, 3.8) is 0 Å². The lowest BCUT2D eigenvalue weighted by atomic mass is 10.1. The monoisotopic (exact) mass is 515 g/mol. The van der Waals surface area contributed by atoms with Crippen LogP contribution in [0.5, 0.6) is 11.5 Å². The SMILES string of the molecule is COc1cc(C=NNC(=O)Cc2nnc(NC(=O)c3ccccc3)s2)ccc1OC(C)c1ccccc1. The summed E-state index contributed by atoms with van der Waals surface area (Å²) in [7, 11) is 1.57. The van der Waals surface area contributed by atoms with Gasteiger partial charge < -0.3 is 9.47 Å². The normalized spacial score (nSPS) is 11.6. The Bertz CT molecular complexity index is 1380. The Hall–Kier alpha value is -4.57. The third-order valence-electron chi connectivity index (χ3n) is 5.20. The van der Waals surface area contributed by atoms with Crippen LogP contribution in [-0.2, 0) is 11.2 Å². The molecule has 2 N–H and O–H groups in total. The molecule has 0 aliphatic heterocycles. The smallest absolute Gasteiger partial charge is 0.257 e. The van der Waals surface area contributed by atoms with E-state index < -0.39 is 0 Å². The average Bonchev–Trinajstić information content (AvgIpc) is 3.36. The summed E-state index contributed by atoms with van der Waals surface area (Å²) >= 11 is 1.13. The number of anilines is 1. The van der Waals surface area contributed by atoms with E-state index in [4.69, 9.17) is 9.47 Å². The molecule has 1 heterocycles. The van der Waals surface area contributed by atoms with Gasteiger partial charge in [0.1, 0.15) is 11.1 Å². The maximum absolute atomic E-state index is 12.3. The zero-order valence-corrected chi connectivity index (χ0v) is 21.1. The summed E-state index contributed by atoms with van der Waals surface area (Å²) < 4.78 is 11.5. The highest BCUT2D eigenvalue weighted by atomic mass is 32.1. The molecule has 37 heavy (non-hydrogen) atoms. The first-order valence-corrected chi connectivity index (χ1v) is 12.2. The molecule has 0 radical (unpaired) electrons. The summed E-state index contributed by atoms with van der Waals surface area (Å²) in [6.45, 7) is 1.97. The lowest BCUT2D eigenvalue weighted by Gasteiger charge is -2.17. The second kappa shape index (κ2) is 12.4. The number of methoxy groups -OCH3 is 1. The van der Waals surface area contributed by atoms with Gasteiger partial charge in [0.05, 0.1) is 19.7 Å². The molecule has 0 aliphatic carbocycles. The fourth-order valence-corrected chi connectivity index (χ4v) is 4.07. The maximum atomic E-state index is 12.3. The number of carbonyl (C=O) groups is 2. The molecular formula is C27H25N5O4S. The Kier molecular flexibility index (Phi) is 8.56. The molecule has 3 aromatic carbocycles. The number of rotatable bonds is 10. The van der Waals surface area contributed by atoms with Gasteiger partial charge in [0.25, 0.3) is 5.91 Å². The van der Waals surface area contributed by atoms with E-state index in [1.54, 1.807) is 43.5 Å². The van der Waals surface area contributed by atoms with Crippen molar-refractivity contribution >= 4 is 34.5 Å². The topological polar surface area (TPSA) is 115 Å². The van der Waals surface area contributed by atoms with Crippen molar-refractivity contribution in [3.8, 4) is 11.5 Å². The van der Waals surface area contributed by atoms with Crippen molar-refractivity contribution in [1.82, 2.24) is 15.6 Å².